The van der Waals surface area contributed by atoms with Crippen LogP contribution in [0.15, 0.2) is 36.1 Å². The van der Waals surface area contributed by atoms with Gasteiger partial charge in [0, 0.05) is 61.2 Å². The van der Waals surface area contributed by atoms with E-state index in [1.165, 1.54) is 53.0 Å². The number of esters is 1. The molecule has 6 N–H and O–H groups in total. The number of carbonyl (C=O) groups excluding carboxylic acids is 4. The van der Waals surface area contributed by atoms with E-state index in [-0.39, 0.29) is 28.7 Å². The molecule has 2 aromatic carbocycles. The largest absolute Gasteiger partial charge is 0.507 e. The van der Waals surface area contributed by atoms with Gasteiger partial charge in [0.25, 0.3) is 11.7 Å². The highest BCUT2D eigenvalue weighted by Crippen LogP contribution is 2.55. The summed E-state index contributed by atoms with van der Waals surface area (Å²) in [4.78, 5) is 51.8. The number of anilines is 1. The van der Waals surface area contributed by atoms with Crippen LogP contribution in [0.1, 0.15) is 74.7 Å². The Labute approximate surface area is 301 Å². The number of benzene rings is 2. The van der Waals surface area contributed by atoms with Crippen LogP contribution in [0.25, 0.3) is 10.8 Å². The van der Waals surface area contributed by atoms with Gasteiger partial charge in [0.1, 0.15) is 23.4 Å². The van der Waals surface area contributed by atoms with Crippen molar-refractivity contribution < 1.29 is 63.7 Å². The maximum Gasteiger partial charge on any atom is 0.312 e. The third-order valence-corrected chi connectivity index (χ3v) is 10.2. The Bertz CT molecular complexity index is 1860. The quantitative estimate of drug-likeness (QED) is 0.111. The number of Topliss-reactive ketones (excluding diaryl/α,β-unsaturated/α-hetero) is 1. The van der Waals surface area contributed by atoms with Crippen LogP contribution in [0, 0.1) is 30.6 Å². The molecule has 3 aliphatic rings. The van der Waals surface area contributed by atoms with Crippen molar-refractivity contribution in [1.82, 2.24) is 0 Å². The number of ether oxygens (including phenoxy) is 4. The number of fused-ring (bicyclic) bond motifs is 14. The maximum atomic E-state index is 14.0. The number of hydrogen-bond donors (Lipinski definition) is 6. The van der Waals surface area contributed by atoms with Crippen molar-refractivity contribution in [2.24, 2.45) is 23.7 Å². The van der Waals surface area contributed by atoms with E-state index in [4.69, 9.17) is 18.9 Å². The Kier molecular flexibility index (Phi) is 11.8. The van der Waals surface area contributed by atoms with Crippen LogP contribution in [-0.4, -0.2) is 86.8 Å². The summed E-state index contributed by atoms with van der Waals surface area (Å²) < 4.78 is 23.1. The number of ketones is 1. The van der Waals surface area contributed by atoms with Gasteiger partial charge in [-0.1, -0.05) is 45.9 Å². The summed E-state index contributed by atoms with van der Waals surface area (Å²) >= 11 is 0. The lowest BCUT2D eigenvalue weighted by Crippen LogP contribution is -2.46. The molecule has 5 rings (SSSR count). The molecule has 3 aliphatic heterocycles. The number of phenolic OH excluding ortho intramolecular Hbond substituents is 3. The molecular weight excluding hydrogens is 678 g/mol. The average molecular weight is 726 g/mol. The fraction of sp³-hybridized carbons (Fsp3) is 0.474. The van der Waals surface area contributed by atoms with Crippen molar-refractivity contribution in [3.8, 4) is 23.0 Å². The van der Waals surface area contributed by atoms with Crippen molar-refractivity contribution in [1.29, 1.82) is 0 Å². The predicted molar refractivity (Wildman–Crippen MR) is 189 cm³/mol. The summed E-state index contributed by atoms with van der Waals surface area (Å²) in [7, 11) is 1.41. The van der Waals surface area contributed by atoms with Crippen molar-refractivity contribution in [3.05, 3.63) is 52.8 Å². The van der Waals surface area contributed by atoms with Crippen molar-refractivity contribution in [2.75, 3.05) is 12.4 Å². The number of aliphatic hydroxyl groups excluding tert-OH is 2. The van der Waals surface area contributed by atoms with Gasteiger partial charge < -0.3 is 49.8 Å². The highest BCUT2D eigenvalue weighted by atomic mass is 16.7. The van der Waals surface area contributed by atoms with E-state index in [1.54, 1.807) is 33.8 Å². The molecule has 5 bridgehead atoms. The van der Waals surface area contributed by atoms with Gasteiger partial charge in [0.05, 0.1) is 46.8 Å². The highest BCUT2D eigenvalue weighted by Gasteiger charge is 2.50. The van der Waals surface area contributed by atoms with Gasteiger partial charge in [-0.3, -0.25) is 19.2 Å². The van der Waals surface area contributed by atoms with E-state index < -0.39 is 111 Å². The highest BCUT2D eigenvalue weighted by molar-refractivity contribution is 6.23. The number of aldehydes is 1. The predicted octanol–water partition coefficient (Wildman–Crippen LogP) is 4.57. The summed E-state index contributed by atoms with van der Waals surface area (Å²) in [5.41, 5.74) is -1.27. The van der Waals surface area contributed by atoms with Gasteiger partial charge in [0.15, 0.2) is 12.0 Å². The molecule has 3 heterocycles. The monoisotopic (exact) mass is 725 g/mol. The lowest BCUT2D eigenvalue weighted by atomic mass is 9.78. The number of methoxy groups -OCH3 is 1. The molecule has 0 radical (unpaired) electrons. The molecule has 0 unspecified atom stereocenters. The molecule has 0 spiro atoms. The fourth-order valence-electron chi connectivity index (χ4n) is 6.86. The number of carbonyl (C=O) groups is 4. The van der Waals surface area contributed by atoms with Gasteiger partial charge in [-0.15, -0.1) is 0 Å². The molecule has 282 valence electrons. The third-order valence-electron chi connectivity index (χ3n) is 10.2. The Hall–Kier alpha value is -4.92. The standard InChI is InChI=1S/C38H47NO13/c1-16-11-10-12-17(2)37(48)39-28-23(15-40)32(45)25-26(33(28)46)31(44)21(6)35-27(25)36(47)38(8,52-35)50-14-13-24(49-9)18(3)34(51-22(7)41)20(5)30(43)19(4)29(16)42/h10-16,18-20,24,29-30,34,42-46H,1-9H3,(H,39,48)/b11-10-,14-13?,17-12-/t16-,18+,19+,20+,24-,29-,30+,34+,38-/m0/s1. The van der Waals surface area contributed by atoms with E-state index in [2.05, 4.69) is 5.32 Å². The second-order valence-electron chi connectivity index (χ2n) is 13.7. The smallest absolute Gasteiger partial charge is 0.312 e. The molecule has 1 amide bonds. The van der Waals surface area contributed by atoms with E-state index in [0.29, 0.717) is 0 Å². The second kappa shape index (κ2) is 15.4. The molecule has 2 aromatic rings. The molecule has 0 aromatic heterocycles. The average Bonchev–Trinajstić information content (AvgIpc) is 3.36. The van der Waals surface area contributed by atoms with Crippen molar-refractivity contribution >= 4 is 40.4 Å². The Morgan fingerprint density at radius 3 is 2.19 bits per heavy atom. The molecule has 52 heavy (non-hydrogen) atoms. The minimum atomic E-state index is -2.08. The number of nitrogens with one attached hydrogen (secondary N) is 1. The van der Waals surface area contributed by atoms with Gasteiger partial charge >= 0.3 is 11.8 Å². The van der Waals surface area contributed by atoms with Gasteiger partial charge in [0.2, 0.25) is 0 Å². The summed E-state index contributed by atoms with van der Waals surface area (Å²) in [6.07, 6.45) is 3.41. The number of rotatable bonds is 3. The zero-order valence-corrected chi connectivity index (χ0v) is 30.6. The lowest BCUT2D eigenvalue weighted by molar-refractivity contribution is -0.160. The molecule has 14 heteroatoms. The first-order chi connectivity index (χ1) is 24.3. The zero-order chi connectivity index (χ0) is 39.0. The minimum absolute atomic E-state index is 0.00425. The molecule has 14 nitrogen and oxygen atoms in total. The van der Waals surface area contributed by atoms with Crippen LogP contribution >= 0.6 is 0 Å². The van der Waals surface area contributed by atoms with Crippen LogP contribution in [0.3, 0.4) is 0 Å². The number of aromatic hydroxyl groups is 3. The second-order valence-corrected chi connectivity index (χ2v) is 13.7. The summed E-state index contributed by atoms with van der Waals surface area (Å²) in [6.45, 7) is 12.2. The van der Waals surface area contributed by atoms with Gasteiger partial charge in [-0.2, -0.15) is 0 Å². The van der Waals surface area contributed by atoms with E-state index >= 15 is 0 Å². The molecule has 9 atom stereocenters. The topological polar surface area (TPSA) is 218 Å². The molecule has 0 fully saturated rings. The van der Waals surface area contributed by atoms with Crippen LogP contribution < -0.4 is 10.1 Å². The van der Waals surface area contributed by atoms with Crippen LogP contribution in [0.4, 0.5) is 5.69 Å². The van der Waals surface area contributed by atoms with E-state index in [0.717, 1.165) is 6.26 Å². The Morgan fingerprint density at radius 1 is 0.942 bits per heavy atom. The van der Waals surface area contributed by atoms with Crippen LogP contribution in [0.5, 0.6) is 23.0 Å². The van der Waals surface area contributed by atoms with Crippen LogP contribution in [-0.2, 0) is 23.8 Å². The third kappa shape index (κ3) is 7.10. The Morgan fingerprint density at radius 2 is 1.60 bits per heavy atom. The van der Waals surface area contributed by atoms with Crippen molar-refractivity contribution in [2.45, 2.75) is 85.6 Å². The first-order valence-electron chi connectivity index (χ1n) is 16.9. The number of phenols is 3. The first-order valence-corrected chi connectivity index (χ1v) is 16.9. The van der Waals surface area contributed by atoms with Gasteiger partial charge in [-0.05, 0) is 19.9 Å². The molecule has 0 saturated heterocycles. The van der Waals surface area contributed by atoms with E-state index in [1.807, 2.05) is 0 Å². The van der Waals surface area contributed by atoms with E-state index in [9.17, 15) is 44.7 Å². The molecular formula is C38H47NO13. The van der Waals surface area contributed by atoms with Gasteiger partial charge in [-0.25, -0.2) is 0 Å². The summed E-state index contributed by atoms with van der Waals surface area (Å²) in [5, 5.41) is 58.2. The Balaban J connectivity index is 1.93. The number of aliphatic hydroxyl groups is 2. The number of allylic oxidation sites excluding steroid dienone is 2. The first kappa shape index (κ1) is 39.9. The zero-order valence-electron chi connectivity index (χ0n) is 30.6. The summed E-state index contributed by atoms with van der Waals surface area (Å²) in [5.74, 6) is -9.19. The van der Waals surface area contributed by atoms with Crippen molar-refractivity contribution in [3.63, 3.8) is 0 Å². The summed E-state index contributed by atoms with van der Waals surface area (Å²) in [6, 6.07) is 0. The minimum Gasteiger partial charge on any atom is -0.507 e. The SMILES string of the molecule is CO[C@H]1C=CO[C@@]2(C)Oc3c(C)c(O)c4c(O)c(c(C=O)c(O)c4c3C2=O)NC(=O)/C(C)=C\C=C/[C@H](C)[C@H](O)[C@@H](C)[C@@H](O)[C@@H](C)[C@H](OC(C)=O)[C@@H]1C. The fourth-order valence-corrected chi connectivity index (χ4v) is 6.86. The maximum absolute atomic E-state index is 14.0. The molecule has 0 saturated carbocycles. The lowest BCUT2D eigenvalue weighted by Gasteiger charge is -2.38. The number of amides is 1. The number of hydrogen-bond acceptors (Lipinski definition) is 13. The van der Waals surface area contributed by atoms with Crippen LogP contribution in [0.2, 0.25) is 0 Å². The normalized spacial score (nSPS) is 31.7. The molecule has 0 aliphatic carbocycles.